The van der Waals surface area contributed by atoms with Crippen LogP contribution in [-0.4, -0.2) is 18.8 Å². The SMILES string of the molecule is COc1cccc(NC(=O)OC(C)(C)C)c1S. The normalized spacial score (nSPS) is 10.9. The van der Waals surface area contributed by atoms with Crippen molar-refractivity contribution in [1.82, 2.24) is 0 Å². The van der Waals surface area contributed by atoms with E-state index in [0.717, 1.165) is 0 Å². The van der Waals surface area contributed by atoms with E-state index in [0.29, 0.717) is 16.3 Å². The molecule has 0 aliphatic heterocycles. The lowest BCUT2D eigenvalue weighted by atomic mass is 10.2. The Morgan fingerprint density at radius 1 is 1.35 bits per heavy atom. The van der Waals surface area contributed by atoms with Gasteiger partial charge in [0.15, 0.2) is 0 Å². The van der Waals surface area contributed by atoms with Crippen molar-refractivity contribution in [1.29, 1.82) is 0 Å². The standard InChI is InChI=1S/C12H17NO3S/c1-12(2,3)16-11(14)13-8-6-5-7-9(15-4)10(8)17/h5-7,17H,1-4H3,(H,13,14). The van der Waals surface area contributed by atoms with Gasteiger partial charge in [0.25, 0.3) is 0 Å². The summed E-state index contributed by atoms with van der Waals surface area (Å²) in [4.78, 5) is 12.1. The Morgan fingerprint density at radius 2 is 2.00 bits per heavy atom. The summed E-state index contributed by atoms with van der Waals surface area (Å²) in [5.74, 6) is 0.599. The number of rotatable bonds is 2. The van der Waals surface area contributed by atoms with Gasteiger partial charge in [-0.15, -0.1) is 12.6 Å². The molecule has 0 aliphatic rings. The van der Waals surface area contributed by atoms with Crippen molar-refractivity contribution < 1.29 is 14.3 Å². The number of anilines is 1. The third kappa shape index (κ3) is 4.19. The highest BCUT2D eigenvalue weighted by molar-refractivity contribution is 7.80. The molecule has 0 heterocycles. The van der Waals surface area contributed by atoms with Crippen LogP contribution in [0.3, 0.4) is 0 Å². The van der Waals surface area contributed by atoms with Crippen molar-refractivity contribution in [3.8, 4) is 5.75 Å². The lowest BCUT2D eigenvalue weighted by molar-refractivity contribution is 0.0635. The van der Waals surface area contributed by atoms with Gasteiger partial charge in [-0.2, -0.15) is 0 Å². The van der Waals surface area contributed by atoms with E-state index in [4.69, 9.17) is 9.47 Å². The Labute approximate surface area is 107 Å². The first kappa shape index (κ1) is 13.7. The predicted octanol–water partition coefficient (Wildman–Crippen LogP) is 3.33. The molecule has 0 aliphatic carbocycles. The fourth-order valence-corrected chi connectivity index (χ4v) is 1.50. The van der Waals surface area contributed by atoms with Gasteiger partial charge in [-0.25, -0.2) is 4.79 Å². The summed E-state index contributed by atoms with van der Waals surface area (Å²) in [6.07, 6.45) is -0.513. The molecule has 94 valence electrons. The third-order valence-corrected chi connectivity index (χ3v) is 2.32. The molecule has 0 spiro atoms. The smallest absolute Gasteiger partial charge is 0.412 e. The number of carbonyl (C=O) groups excluding carboxylic acids is 1. The number of carbonyl (C=O) groups is 1. The highest BCUT2D eigenvalue weighted by Crippen LogP contribution is 2.30. The van der Waals surface area contributed by atoms with Crippen LogP contribution in [-0.2, 0) is 4.74 Å². The number of benzene rings is 1. The van der Waals surface area contributed by atoms with E-state index in [1.54, 1.807) is 46.1 Å². The first-order chi connectivity index (χ1) is 7.83. The monoisotopic (exact) mass is 255 g/mol. The fourth-order valence-electron chi connectivity index (χ4n) is 1.20. The van der Waals surface area contributed by atoms with Gasteiger partial charge in [-0.1, -0.05) is 6.07 Å². The maximum Gasteiger partial charge on any atom is 0.412 e. The van der Waals surface area contributed by atoms with E-state index in [1.807, 2.05) is 0 Å². The third-order valence-electron chi connectivity index (χ3n) is 1.85. The van der Waals surface area contributed by atoms with E-state index < -0.39 is 11.7 Å². The van der Waals surface area contributed by atoms with E-state index in [1.165, 1.54) is 0 Å². The van der Waals surface area contributed by atoms with Crippen molar-refractivity contribution in [2.75, 3.05) is 12.4 Å². The number of ether oxygens (including phenoxy) is 2. The van der Waals surface area contributed by atoms with Crippen LogP contribution in [0.25, 0.3) is 0 Å². The molecule has 0 radical (unpaired) electrons. The van der Waals surface area contributed by atoms with Gasteiger partial charge in [0, 0.05) is 0 Å². The molecule has 1 rings (SSSR count). The summed E-state index contributed by atoms with van der Waals surface area (Å²) in [6, 6.07) is 5.27. The number of hydrogen-bond donors (Lipinski definition) is 2. The molecule has 0 bridgehead atoms. The zero-order valence-corrected chi connectivity index (χ0v) is 11.3. The summed E-state index contributed by atoms with van der Waals surface area (Å²) < 4.78 is 10.2. The maximum absolute atomic E-state index is 11.6. The quantitative estimate of drug-likeness (QED) is 0.797. The van der Waals surface area contributed by atoms with E-state index in [9.17, 15) is 4.79 Å². The lowest BCUT2D eigenvalue weighted by Crippen LogP contribution is -2.27. The van der Waals surface area contributed by atoms with Gasteiger partial charge in [-0.3, -0.25) is 5.32 Å². The molecule has 0 fully saturated rings. The van der Waals surface area contributed by atoms with Crippen molar-refractivity contribution in [2.45, 2.75) is 31.3 Å². The Hall–Kier alpha value is -1.36. The highest BCUT2D eigenvalue weighted by Gasteiger charge is 2.17. The average Bonchev–Trinajstić information content (AvgIpc) is 2.18. The van der Waals surface area contributed by atoms with Crippen LogP contribution in [0.15, 0.2) is 23.1 Å². The van der Waals surface area contributed by atoms with E-state index in [2.05, 4.69) is 17.9 Å². The van der Waals surface area contributed by atoms with Crippen molar-refractivity contribution in [2.24, 2.45) is 0 Å². The first-order valence-electron chi connectivity index (χ1n) is 5.19. The van der Waals surface area contributed by atoms with Crippen LogP contribution < -0.4 is 10.1 Å². The van der Waals surface area contributed by atoms with Gasteiger partial charge in [0.05, 0.1) is 17.7 Å². The number of thiol groups is 1. The largest absolute Gasteiger partial charge is 0.496 e. The van der Waals surface area contributed by atoms with Crippen molar-refractivity contribution >= 4 is 24.4 Å². The second kappa shape index (κ2) is 5.31. The molecule has 4 nitrogen and oxygen atoms in total. The lowest BCUT2D eigenvalue weighted by Gasteiger charge is -2.20. The predicted molar refractivity (Wildman–Crippen MR) is 70.1 cm³/mol. The molecule has 1 N–H and O–H groups in total. The first-order valence-corrected chi connectivity index (χ1v) is 5.64. The molecule has 1 aromatic carbocycles. The second-order valence-corrected chi connectivity index (χ2v) is 4.93. The van der Waals surface area contributed by atoms with Crippen molar-refractivity contribution in [3.63, 3.8) is 0 Å². The fraction of sp³-hybridized carbons (Fsp3) is 0.417. The zero-order chi connectivity index (χ0) is 13.1. The maximum atomic E-state index is 11.6. The summed E-state index contributed by atoms with van der Waals surface area (Å²) in [5.41, 5.74) is 0.0293. The number of amides is 1. The van der Waals surface area contributed by atoms with Gasteiger partial charge >= 0.3 is 6.09 Å². The van der Waals surface area contributed by atoms with Crippen LogP contribution >= 0.6 is 12.6 Å². The molecule has 0 aromatic heterocycles. The Kier molecular flexibility index (Phi) is 4.28. The highest BCUT2D eigenvalue weighted by atomic mass is 32.1. The topological polar surface area (TPSA) is 47.6 Å². The molecule has 0 saturated carbocycles. The molecule has 1 aromatic rings. The zero-order valence-electron chi connectivity index (χ0n) is 10.4. The van der Waals surface area contributed by atoms with E-state index in [-0.39, 0.29) is 0 Å². The van der Waals surface area contributed by atoms with Gasteiger partial charge in [-0.05, 0) is 32.9 Å². The van der Waals surface area contributed by atoms with Gasteiger partial charge in [0.1, 0.15) is 11.4 Å². The van der Waals surface area contributed by atoms with E-state index >= 15 is 0 Å². The summed E-state index contributed by atoms with van der Waals surface area (Å²) >= 11 is 4.28. The molecule has 17 heavy (non-hydrogen) atoms. The molecular formula is C12H17NO3S. The Bertz CT molecular complexity index is 413. The van der Waals surface area contributed by atoms with Crippen LogP contribution in [0.1, 0.15) is 20.8 Å². The summed E-state index contributed by atoms with van der Waals surface area (Å²) in [5, 5.41) is 2.62. The van der Waals surface area contributed by atoms with Gasteiger partial charge in [0.2, 0.25) is 0 Å². The molecule has 0 unspecified atom stereocenters. The second-order valence-electron chi connectivity index (χ2n) is 4.48. The summed E-state index contributed by atoms with van der Waals surface area (Å²) in [7, 11) is 1.55. The number of methoxy groups -OCH3 is 1. The van der Waals surface area contributed by atoms with Crippen molar-refractivity contribution in [3.05, 3.63) is 18.2 Å². The molecule has 0 atom stereocenters. The molecule has 5 heteroatoms. The minimum Gasteiger partial charge on any atom is -0.496 e. The number of nitrogens with one attached hydrogen (secondary N) is 1. The van der Waals surface area contributed by atoms with Crippen LogP contribution in [0.4, 0.5) is 10.5 Å². The molecular weight excluding hydrogens is 238 g/mol. The Balaban J connectivity index is 2.79. The Morgan fingerprint density at radius 3 is 2.53 bits per heavy atom. The number of hydrogen-bond acceptors (Lipinski definition) is 4. The van der Waals surface area contributed by atoms with Gasteiger partial charge < -0.3 is 9.47 Å². The molecule has 0 saturated heterocycles. The average molecular weight is 255 g/mol. The minimum atomic E-state index is -0.528. The summed E-state index contributed by atoms with van der Waals surface area (Å²) in [6.45, 7) is 5.42. The molecule has 1 amide bonds. The van der Waals surface area contributed by atoms with Crippen LogP contribution in [0.2, 0.25) is 0 Å². The van der Waals surface area contributed by atoms with Crippen LogP contribution in [0, 0.1) is 0 Å². The van der Waals surface area contributed by atoms with Crippen LogP contribution in [0.5, 0.6) is 5.75 Å². The minimum absolute atomic E-state index is 0.513.